The van der Waals surface area contributed by atoms with Crippen molar-refractivity contribution in [3.63, 3.8) is 0 Å². The Labute approximate surface area is 220 Å². The van der Waals surface area contributed by atoms with Crippen LogP contribution in [0.15, 0.2) is 67.6 Å². The van der Waals surface area contributed by atoms with Crippen molar-refractivity contribution in [3.05, 3.63) is 78.8 Å². The fourth-order valence-corrected chi connectivity index (χ4v) is 5.41. The van der Waals surface area contributed by atoms with E-state index in [9.17, 15) is 8.78 Å². The van der Waals surface area contributed by atoms with Crippen molar-refractivity contribution in [1.82, 2.24) is 19.9 Å². The van der Waals surface area contributed by atoms with E-state index in [1.807, 2.05) is 23.1 Å². The zero-order valence-electron chi connectivity index (χ0n) is 21.1. The summed E-state index contributed by atoms with van der Waals surface area (Å²) in [4.78, 5) is 17.7. The molecule has 8 heteroatoms. The van der Waals surface area contributed by atoms with Gasteiger partial charge in [-0.3, -0.25) is 9.88 Å². The number of ether oxygens (including phenoxy) is 1. The van der Waals surface area contributed by atoms with E-state index in [1.54, 1.807) is 18.6 Å². The molecule has 0 saturated carbocycles. The number of hydrogen-bond acceptors (Lipinski definition) is 6. The third-order valence-corrected chi connectivity index (χ3v) is 7.28. The maximum atomic E-state index is 13.4. The first-order chi connectivity index (χ1) is 18.5. The van der Waals surface area contributed by atoms with Crippen molar-refractivity contribution in [3.8, 4) is 16.9 Å². The number of anilines is 2. The lowest BCUT2D eigenvalue weighted by Crippen LogP contribution is -2.27. The third-order valence-electron chi connectivity index (χ3n) is 7.28. The predicted molar refractivity (Wildman–Crippen MR) is 146 cm³/mol. The van der Waals surface area contributed by atoms with Crippen LogP contribution in [-0.2, 0) is 6.42 Å². The quantitative estimate of drug-likeness (QED) is 0.264. The van der Waals surface area contributed by atoms with Gasteiger partial charge < -0.3 is 9.64 Å². The van der Waals surface area contributed by atoms with Crippen LogP contribution in [0.4, 0.5) is 20.3 Å². The maximum absolute atomic E-state index is 13.4. The molecule has 6 rings (SSSR count). The van der Waals surface area contributed by atoms with Crippen LogP contribution >= 0.6 is 0 Å². The Bertz CT molecular complexity index is 1490. The molecule has 1 saturated heterocycles. The summed E-state index contributed by atoms with van der Waals surface area (Å²) in [6, 6.07) is 16.4. The molecule has 4 heterocycles. The molecule has 1 fully saturated rings. The summed E-state index contributed by atoms with van der Waals surface area (Å²) in [5, 5.41) is 0. The zero-order chi connectivity index (χ0) is 26.1. The van der Waals surface area contributed by atoms with Gasteiger partial charge in [0.2, 0.25) is 0 Å². The summed E-state index contributed by atoms with van der Waals surface area (Å²) in [6.45, 7) is 6.05. The van der Waals surface area contributed by atoms with Gasteiger partial charge in [0.05, 0.1) is 18.7 Å². The average Bonchev–Trinajstić information content (AvgIpc) is 3.53. The molecule has 4 aromatic rings. The Morgan fingerprint density at radius 2 is 1.95 bits per heavy atom. The van der Waals surface area contributed by atoms with E-state index in [-0.39, 0.29) is 13.0 Å². The fraction of sp³-hybridized carbons (Fsp3) is 0.300. The second-order valence-corrected chi connectivity index (χ2v) is 9.85. The standard InChI is InChI=1S/C30H29F2N5O/c1-2-21-16-26-28(33-18-21)29(35-20-34-26)37-13-10-25-24(8-4-9-27(25)37)22-6-3-7-23(17-22)38-15-5-12-36-14-11-30(31,32)19-36/h2-4,6-9,16-18,20H,1,5,10-15,19H2. The van der Waals surface area contributed by atoms with E-state index in [0.717, 1.165) is 57.9 Å². The van der Waals surface area contributed by atoms with Crippen LogP contribution in [0.3, 0.4) is 0 Å². The van der Waals surface area contributed by atoms with Crippen molar-refractivity contribution >= 4 is 28.6 Å². The molecule has 2 aromatic carbocycles. The van der Waals surface area contributed by atoms with Gasteiger partial charge in [-0.15, -0.1) is 0 Å². The number of likely N-dealkylation sites (tertiary alicyclic amines) is 1. The van der Waals surface area contributed by atoms with Crippen LogP contribution < -0.4 is 9.64 Å². The van der Waals surface area contributed by atoms with E-state index in [4.69, 9.17) is 4.74 Å². The summed E-state index contributed by atoms with van der Waals surface area (Å²) >= 11 is 0. The number of nitrogens with zero attached hydrogens (tertiary/aromatic N) is 5. The van der Waals surface area contributed by atoms with Gasteiger partial charge in [0.25, 0.3) is 5.92 Å². The monoisotopic (exact) mass is 513 g/mol. The molecule has 0 unspecified atom stereocenters. The summed E-state index contributed by atoms with van der Waals surface area (Å²) < 4.78 is 32.8. The molecule has 0 radical (unpaired) electrons. The highest BCUT2D eigenvalue weighted by atomic mass is 19.3. The van der Waals surface area contributed by atoms with Gasteiger partial charge in [0.15, 0.2) is 5.82 Å². The molecule has 0 bridgehead atoms. The number of rotatable bonds is 8. The molecule has 0 aliphatic carbocycles. The molecule has 0 amide bonds. The summed E-state index contributed by atoms with van der Waals surface area (Å²) in [6.07, 6.45) is 6.69. The van der Waals surface area contributed by atoms with Crippen LogP contribution in [0, 0.1) is 0 Å². The first kappa shape index (κ1) is 24.4. The van der Waals surface area contributed by atoms with Gasteiger partial charge in [-0.05, 0) is 59.4 Å². The lowest BCUT2D eigenvalue weighted by Gasteiger charge is -2.20. The first-order valence-corrected chi connectivity index (χ1v) is 13.0. The van der Waals surface area contributed by atoms with Gasteiger partial charge in [-0.25, -0.2) is 18.7 Å². The minimum Gasteiger partial charge on any atom is -0.494 e. The molecule has 2 aromatic heterocycles. The number of hydrogen-bond donors (Lipinski definition) is 0. The van der Waals surface area contributed by atoms with Crippen molar-refractivity contribution in [2.45, 2.75) is 25.2 Å². The van der Waals surface area contributed by atoms with E-state index in [1.165, 1.54) is 5.56 Å². The van der Waals surface area contributed by atoms with E-state index < -0.39 is 5.92 Å². The normalized spacial score (nSPS) is 16.6. The molecule has 38 heavy (non-hydrogen) atoms. The zero-order valence-corrected chi connectivity index (χ0v) is 21.1. The van der Waals surface area contributed by atoms with Gasteiger partial charge in [-0.1, -0.05) is 36.9 Å². The molecule has 6 nitrogen and oxygen atoms in total. The molecule has 0 atom stereocenters. The molecule has 0 N–H and O–H groups in total. The van der Waals surface area contributed by atoms with Gasteiger partial charge in [0, 0.05) is 37.9 Å². The second kappa shape index (κ2) is 10.1. The number of alkyl halides is 2. The largest absolute Gasteiger partial charge is 0.494 e. The molecule has 194 valence electrons. The van der Waals surface area contributed by atoms with E-state index in [0.29, 0.717) is 26.1 Å². The van der Waals surface area contributed by atoms with Crippen molar-refractivity contribution in [2.75, 3.05) is 37.7 Å². The highest BCUT2D eigenvalue weighted by Gasteiger charge is 2.37. The van der Waals surface area contributed by atoms with Crippen LogP contribution in [-0.4, -0.2) is 58.6 Å². The lowest BCUT2D eigenvalue weighted by molar-refractivity contribution is 0.0118. The van der Waals surface area contributed by atoms with Crippen LogP contribution in [0.1, 0.15) is 24.0 Å². The predicted octanol–water partition coefficient (Wildman–Crippen LogP) is 6.14. The minimum absolute atomic E-state index is 0.0467. The number of fused-ring (bicyclic) bond motifs is 2. The van der Waals surface area contributed by atoms with Crippen LogP contribution in [0.2, 0.25) is 0 Å². The van der Waals surface area contributed by atoms with Crippen molar-refractivity contribution in [2.24, 2.45) is 0 Å². The molecule has 2 aliphatic rings. The van der Waals surface area contributed by atoms with Gasteiger partial charge in [-0.2, -0.15) is 0 Å². The Morgan fingerprint density at radius 3 is 2.79 bits per heavy atom. The highest BCUT2D eigenvalue weighted by molar-refractivity contribution is 5.91. The Kier molecular flexibility index (Phi) is 6.49. The van der Waals surface area contributed by atoms with Gasteiger partial charge in [0.1, 0.15) is 17.6 Å². The lowest BCUT2D eigenvalue weighted by atomic mass is 9.98. The number of pyridine rings is 1. The summed E-state index contributed by atoms with van der Waals surface area (Å²) in [5.74, 6) is -0.965. The first-order valence-electron chi connectivity index (χ1n) is 13.0. The van der Waals surface area contributed by atoms with Crippen LogP contribution in [0.5, 0.6) is 5.75 Å². The summed E-state index contributed by atoms with van der Waals surface area (Å²) in [7, 11) is 0. The molecular formula is C30H29F2N5O. The van der Waals surface area contributed by atoms with Crippen molar-refractivity contribution in [1.29, 1.82) is 0 Å². The maximum Gasteiger partial charge on any atom is 0.261 e. The number of benzene rings is 2. The topological polar surface area (TPSA) is 54.4 Å². The highest BCUT2D eigenvalue weighted by Crippen LogP contribution is 2.41. The molecular weight excluding hydrogens is 484 g/mol. The second-order valence-electron chi connectivity index (χ2n) is 9.85. The average molecular weight is 514 g/mol. The molecule has 2 aliphatic heterocycles. The van der Waals surface area contributed by atoms with Crippen molar-refractivity contribution < 1.29 is 13.5 Å². The van der Waals surface area contributed by atoms with E-state index in [2.05, 4.69) is 56.8 Å². The molecule has 0 spiro atoms. The minimum atomic E-state index is -2.55. The Morgan fingerprint density at radius 1 is 1.05 bits per heavy atom. The Hall–Kier alpha value is -3.91. The number of aromatic nitrogens is 3. The van der Waals surface area contributed by atoms with Gasteiger partial charge >= 0.3 is 0 Å². The fourth-order valence-electron chi connectivity index (χ4n) is 5.41. The Balaban J connectivity index is 1.20. The smallest absolute Gasteiger partial charge is 0.261 e. The number of halogens is 2. The SMILES string of the molecule is C=Cc1cnc2c(N3CCc4c(-c5cccc(OCCCN6CCC(F)(F)C6)c5)cccc43)ncnc2c1. The van der Waals surface area contributed by atoms with E-state index >= 15 is 0 Å². The van der Waals surface area contributed by atoms with Crippen LogP contribution in [0.25, 0.3) is 28.2 Å². The third kappa shape index (κ3) is 4.84. The summed E-state index contributed by atoms with van der Waals surface area (Å²) in [5.41, 5.74) is 7.10.